The number of nitrogens with one attached hydrogen (secondary N) is 1. The van der Waals surface area contributed by atoms with Crippen LogP contribution in [0.5, 0.6) is 0 Å². The molecule has 1 amide bonds. The summed E-state index contributed by atoms with van der Waals surface area (Å²) in [6.07, 6.45) is 2.16. The fourth-order valence-electron chi connectivity index (χ4n) is 4.08. The van der Waals surface area contributed by atoms with Crippen LogP contribution >= 0.6 is 0 Å². The molecule has 0 radical (unpaired) electrons. The van der Waals surface area contributed by atoms with Crippen LogP contribution in [0.1, 0.15) is 5.56 Å². The van der Waals surface area contributed by atoms with Gasteiger partial charge in [0.15, 0.2) is 11.9 Å². The van der Waals surface area contributed by atoms with E-state index in [9.17, 15) is 4.79 Å². The van der Waals surface area contributed by atoms with Crippen molar-refractivity contribution < 1.29 is 9.53 Å². The van der Waals surface area contributed by atoms with Crippen LogP contribution in [-0.4, -0.2) is 51.5 Å². The molecule has 31 heavy (non-hydrogen) atoms. The summed E-state index contributed by atoms with van der Waals surface area (Å²) in [6, 6.07) is 18.5. The minimum Gasteiger partial charge on any atom is -0.367 e. The summed E-state index contributed by atoms with van der Waals surface area (Å²) in [4.78, 5) is 17.0. The Morgan fingerprint density at radius 1 is 1.13 bits per heavy atom. The molecule has 1 atom stereocenters. The van der Waals surface area contributed by atoms with Crippen molar-refractivity contribution in [3.05, 3.63) is 66.4 Å². The first-order valence-electron chi connectivity index (χ1n) is 10.4. The quantitative estimate of drug-likeness (QED) is 0.502. The first-order valence-corrected chi connectivity index (χ1v) is 10.4. The highest BCUT2D eigenvalue weighted by molar-refractivity contribution is 5.94. The van der Waals surface area contributed by atoms with E-state index in [1.807, 2.05) is 47.5 Å². The van der Waals surface area contributed by atoms with Crippen molar-refractivity contribution in [3.8, 4) is 11.4 Å². The Morgan fingerprint density at radius 2 is 1.94 bits per heavy atom. The molecule has 1 aliphatic rings. The van der Waals surface area contributed by atoms with Gasteiger partial charge in [-0.1, -0.05) is 48.5 Å². The second-order valence-corrected chi connectivity index (χ2v) is 7.67. The normalized spacial score (nSPS) is 16.6. The number of benzene rings is 2. The van der Waals surface area contributed by atoms with E-state index in [1.54, 1.807) is 0 Å². The highest BCUT2D eigenvalue weighted by Gasteiger charge is 2.29. The van der Waals surface area contributed by atoms with Crippen LogP contribution in [0.2, 0.25) is 0 Å². The molecule has 1 fully saturated rings. The summed E-state index contributed by atoms with van der Waals surface area (Å²) in [5, 5.41) is 10.2. The molecule has 2 aromatic carbocycles. The SMILES string of the molecule is NC(=O)[C@@H]1CN(c2nnc(-c3c[nH]c4ccccc34)n2CCc2ccccc2)CCO1. The molecule has 1 saturated heterocycles. The molecule has 2 aromatic heterocycles. The highest BCUT2D eigenvalue weighted by atomic mass is 16.5. The number of amides is 1. The Kier molecular flexibility index (Phi) is 5.13. The maximum atomic E-state index is 11.7. The van der Waals surface area contributed by atoms with Gasteiger partial charge in [0.2, 0.25) is 11.9 Å². The molecule has 158 valence electrons. The van der Waals surface area contributed by atoms with E-state index in [4.69, 9.17) is 10.5 Å². The lowest BCUT2D eigenvalue weighted by atomic mass is 10.1. The number of anilines is 1. The lowest BCUT2D eigenvalue weighted by molar-refractivity contribution is -0.130. The molecule has 3 heterocycles. The van der Waals surface area contributed by atoms with Gasteiger partial charge in [0, 0.05) is 35.8 Å². The van der Waals surface area contributed by atoms with Crippen LogP contribution in [0.15, 0.2) is 60.8 Å². The molecule has 8 nitrogen and oxygen atoms in total. The van der Waals surface area contributed by atoms with E-state index >= 15 is 0 Å². The van der Waals surface area contributed by atoms with Gasteiger partial charge in [-0.3, -0.25) is 9.36 Å². The van der Waals surface area contributed by atoms with Crippen LogP contribution in [0.3, 0.4) is 0 Å². The summed E-state index contributed by atoms with van der Waals surface area (Å²) >= 11 is 0. The van der Waals surface area contributed by atoms with Gasteiger partial charge in [-0.25, -0.2) is 0 Å². The zero-order chi connectivity index (χ0) is 21.2. The minimum atomic E-state index is -0.649. The lowest BCUT2D eigenvalue weighted by Crippen LogP contribution is -2.49. The number of aromatic amines is 1. The molecular weight excluding hydrogens is 392 g/mol. The fraction of sp³-hybridized carbons (Fsp3) is 0.261. The summed E-state index contributed by atoms with van der Waals surface area (Å²) < 4.78 is 7.65. The number of H-pyrrole nitrogens is 1. The Balaban J connectivity index is 1.54. The van der Waals surface area contributed by atoms with Crippen molar-refractivity contribution in [1.82, 2.24) is 19.7 Å². The number of nitrogens with zero attached hydrogens (tertiary/aromatic N) is 4. The number of morpholine rings is 1. The number of para-hydroxylation sites is 1. The molecule has 1 aliphatic heterocycles. The molecule has 5 rings (SSSR count). The fourth-order valence-corrected chi connectivity index (χ4v) is 4.08. The van der Waals surface area contributed by atoms with Gasteiger partial charge in [0.1, 0.15) is 0 Å². The van der Waals surface area contributed by atoms with Crippen molar-refractivity contribution in [2.75, 3.05) is 24.6 Å². The summed E-state index contributed by atoms with van der Waals surface area (Å²) in [5.74, 6) is 1.06. The number of rotatable bonds is 6. The number of hydrogen-bond acceptors (Lipinski definition) is 5. The average molecular weight is 416 g/mol. The third-order valence-corrected chi connectivity index (χ3v) is 5.69. The van der Waals surface area contributed by atoms with Gasteiger partial charge in [-0.2, -0.15) is 0 Å². The smallest absolute Gasteiger partial charge is 0.248 e. The van der Waals surface area contributed by atoms with E-state index < -0.39 is 12.0 Å². The number of ether oxygens (including phenoxy) is 1. The molecule has 4 aromatic rings. The molecule has 0 bridgehead atoms. The van der Waals surface area contributed by atoms with Gasteiger partial charge in [0.05, 0.1) is 13.2 Å². The standard InChI is InChI=1S/C23H24N6O2/c24-21(30)20-15-28(12-13-31-20)23-27-26-22(18-14-25-19-9-5-4-8-17(18)19)29(23)11-10-16-6-2-1-3-7-16/h1-9,14,20,25H,10-13,15H2,(H2,24,30)/t20-/m0/s1. The molecular formula is C23H24N6O2. The first kappa shape index (κ1) is 19.3. The Bertz CT molecular complexity index is 1200. The number of aryl methyl sites for hydroxylation is 1. The zero-order valence-electron chi connectivity index (χ0n) is 17.1. The van der Waals surface area contributed by atoms with Crippen molar-refractivity contribution >= 4 is 22.8 Å². The zero-order valence-corrected chi connectivity index (χ0v) is 17.1. The van der Waals surface area contributed by atoms with Gasteiger partial charge in [-0.15, -0.1) is 10.2 Å². The van der Waals surface area contributed by atoms with Crippen molar-refractivity contribution in [3.63, 3.8) is 0 Å². The van der Waals surface area contributed by atoms with Gasteiger partial charge in [-0.05, 0) is 18.1 Å². The van der Waals surface area contributed by atoms with Gasteiger partial charge < -0.3 is 20.4 Å². The second-order valence-electron chi connectivity index (χ2n) is 7.67. The molecule has 0 aliphatic carbocycles. The van der Waals surface area contributed by atoms with E-state index in [0.717, 1.165) is 34.7 Å². The van der Waals surface area contributed by atoms with E-state index in [1.165, 1.54) is 5.56 Å². The van der Waals surface area contributed by atoms with E-state index in [-0.39, 0.29) is 0 Å². The summed E-state index contributed by atoms with van der Waals surface area (Å²) in [7, 11) is 0. The maximum absolute atomic E-state index is 11.7. The second kappa shape index (κ2) is 8.23. The maximum Gasteiger partial charge on any atom is 0.248 e. The van der Waals surface area contributed by atoms with E-state index in [2.05, 4.69) is 37.9 Å². The summed E-state index contributed by atoms with van der Waals surface area (Å²) in [5.41, 5.74) is 8.78. The first-order chi connectivity index (χ1) is 15.2. The number of primary amides is 1. The monoisotopic (exact) mass is 416 g/mol. The van der Waals surface area contributed by atoms with Gasteiger partial charge in [0.25, 0.3) is 0 Å². The van der Waals surface area contributed by atoms with Gasteiger partial charge >= 0.3 is 0 Å². The number of fused-ring (bicyclic) bond motifs is 1. The van der Waals surface area contributed by atoms with Crippen molar-refractivity contribution in [1.29, 1.82) is 0 Å². The lowest BCUT2D eigenvalue weighted by Gasteiger charge is -2.32. The molecule has 3 N–H and O–H groups in total. The topological polar surface area (TPSA) is 102 Å². The third-order valence-electron chi connectivity index (χ3n) is 5.69. The Labute approximate surface area is 179 Å². The summed E-state index contributed by atoms with van der Waals surface area (Å²) in [6.45, 7) is 2.12. The predicted octanol–water partition coefficient (Wildman–Crippen LogP) is 2.36. The Hall–Kier alpha value is -3.65. The van der Waals surface area contributed by atoms with Crippen LogP contribution < -0.4 is 10.6 Å². The Morgan fingerprint density at radius 3 is 2.77 bits per heavy atom. The predicted molar refractivity (Wildman–Crippen MR) is 119 cm³/mol. The number of carbonyl (C=O) groups is 1. The number of nitrogens with two attached hydrogens (primary N) is 1. The number of aromatic nitrogens is 4. The average Bonchev–Trinajstić information content (AvgIpc) is 3.42. The van der Waals surface area contributed by atoms with Crippen molar-refractivity contribution in [2.45, 2.75) is 19.1 Å². The minimum absolute atomic E-state index is 0.368. The molecule has 8 heteroatoms. The largest absolute Gasteiger partial charge is 0.367 e. The molecule has 0 unspecified atom stereocenters. The van der Waals surface area contributed by atoms with Crippen molar-refractivity contribution in [2.24, 2.45) is 5.73 Å². The van der Waals surface area contributed by atoms with Crippen LogP contribution in [-0.2, 0) is 22.5 Å². The highest BCUT2D eigenvalue weighted by Crippen LogP contribution is 2.30. The van der Waals surface area contributed by atoms with E-state index in [0.29, 0.717) is 26.2 Å². The van der Waals surface area contributed by atoms with Crippen LogP contribution in [0, 0.1) is 0 Å². The molecule has 0 spiro atoms. The number of carbonyl (C=O) groups excluding carboxylic acids is 1. The number of hydrogen-bond donors (Lipinski definition) is 2. The van der Waals surface area contributed by atoms with Crippen LogP contribution in [0.25, 0.3) is 22.3 Å². The van der Waals surface area contributed by atoms with Crippen LogP contribution in [0.4, 0.5) is 5.95 Å². The third kappa shape index (κ3) is 3.77. The molecule has 0 saturated carbocycles.